The third-order valence-electron chi connectivity index (χ3n) is 3.76. The third-order valence-corrected chi connectivity index (χ3v) is 4.04. The molecule has 0 amide bonds. The number of halogens is 1. The maximum Gasteiger partial charge on any atom is 0.223 e. The molecular formula is C16H19ClN4O. The van der Waals surface area contributed by atoms with Crippen LogP contribution in [0.15, 0.2) is 30.5 Å². The molecule has 2 N–H and O–H groups in total. The van der Waals surface area contributed by atoms with Crippen molar-refractivity contribution >= 4 is 17.5 Å². The molecular weight excluding hydrogens is 300 g/mol. The second kappa shape index (κ2) is 6.94. The van der Waals surface area contributed by atoms with E-state index in [0.29, 0.717) is 22.7 Å². The molecule has 2 heterocycles. The number of hydrogen-bond acceptors (Lipinski definition) is 5. The molecule has 1 saturated heterocycles. The first kappa shape index (κ1) is 15.1. The van der Waals surface area contributed by atoms with E-state index in [2.05, 4.69) is 20.6 Å². The Morgan fingerprint density at radius 1 is 1.32 bits per heavy atom. The quantitative estimate of drug-likeness (QED) is 0.907. The zero-order valence-electron chi connectivity index (χ0n) is 12.5. The molecule has 1 aromatic carbocycles. The number of anilines is 1. The number of rotatable bonds is 4. The van der Waals surface area contributed by atoms with Gasteiger partial charge in [-0.2, -0.15) is 0 Å². The molecule has 116 valence electrons. The molecule has 0 aliphatic carbocycles. The van der Waals surface area contributed by atoms with Crippen molar-refractivity contribution in [1.82, 2.24) is 15.3 Å². The lowest BCUT2D eigenvalue weighted by Gasteiger charge is -2.23. The lowest BCUT2D eigenvalue weighted by Crippen LogP contribution is -2.35. The van der Waals surface area contributed by atoms with E-state index < -0.39 is 0 Å². The Morgan fingerprint density at radius 3 is 2.91 bits per heavy atom. The summed E-state index contributed by atoms with van der Waals surface area (Å²) in [5, 5.41) is 7.27. The van der Waals surface area contributed by atoms with E-state index >= 15 is 0 Å². The molecule has 6 heteroatoms. The van der Waals surface area contributed by atoms with Crippen LogP contribution < -0.4 is 15.4 Å². The lowest BCUT2D eigenvalue weighted by molar-refractivity contribution is 0.415. The number of nitrogens with zero attached hydrogens (tertiary/aromatic N) is 2. The van der Waals surface area contributed by atoms with Gasteiger partial charge in [0, 0.05) is 11.6 Å². The van der Waals surface area contributed by atoms with Crippen LogP contribution in [0.2, 0.25) is 5.02 Å². The Morgan fingerprint density at radius 2 is 2.14 bits per heavy atom. The van der Waals surface area contributed by atoms with Crippen LogP contribution >= 0.6 is 11.6 Å². The van der Waals surface area contributed by atoms with Gasteiger partial charge in [0.05, 0.1) is 24.0 Å². The number of methoxy groups -OCH3 is 1. The van der Waals surface area contributed by atoms with Gasteiger partial charge in [0.1, 0.15) is 5.75 Å². The number of hydrogen-bond donors (Lipinski definition) is 2. The molecule has 2 aromatic rings. The van der Waals surface area contributed by atoms with Crippen molar-refractivity contribution in [2.45, 2.75) is 18.9 Å². The number of ether oxygens (including phenoxy) is 1. The Bertz CT molecular complexity index is 644. The second-order valence-electron chi connectivity index (χ2n) is 5.29. The maximum absolute atomic E-state index is 6.27. The number of aromatic nitrogens is 2. The van der Waals surface area contributed by atoms with Gasteiger partial charge in [-0.05, 0) is 38.1 Å². The predicted octanol–water partition coefficient (Wildman–Crippen LogP) is 2.97. The zero-order valence-corrected chi connectivity index (χ0v) is 13.2. The monoisotopic (exact) mass is 318 g/mol. The van der Waals surface area contributed by atoms with Crippen molar-refractivity contribution in [3.8, 4) is 17.0 Å². The summed E-state index contributed by atoms with van der Waals surface area (Å²) >= 11 is 6.27. The van der Waals surface area contributed by atoms with Gasteiger partial charge in [-0.15, -0.1) is 0 Å². The Balaban J connectivity index is 1.85. The maximum atomic E-state index is 6.27. The van der Waals surface area contributed by atoms with Crippen molar-refractivity contribution in [2.24, 2.45) is 0 Å². The standard InChI is InChI=1S/C16H19ClN4O/c1-22-13-4-2-3-11(9-13)15-14(17)10-19-16(21-15)20-12-5-7-18-8-6-12/h2-4,9-10,12,18H,5-8H2,1H3,(H,19,20,21). The van der Waals surface area contributed by atoms with Crippen LogP contribution in [0.3, 0.4) is 0 Å². The van der Waals surface area contributed by atoms with Crippen LogP contribution in [0.4, 0.5) is 5.95 Å². The molecule has 0 radical (unpaired) electrons. The summed E-state index contributed by atoms with van der Waals surface area (Å²) in [6, 6.07) is 8.10. The highest BCUT2D eigenvalue weighted by atomic mass is 35.5. The first-order valence-corrected chi connectivity index (χ1v) is 7.78. The summed E-state index contributed by atoms with van der Waals surface area (Å²) < 4.78 is 5.26. The number of piperidine rings is 1. The molecule has 0 spiro atoms. The van der Waals surface area contributed by atoms with E-state index in [9.17, 15) is 0 Å². The predicted molar refractivity (Wildman–Crippen MR) is 88.5 cm³/mol. The number of nitrogens with one attached hydrogen (secondary N) is 2. The van der Waals surface area contributed by atoms with E-state index in [0.717, 1.165) is 37.2 Å². The minimum atomic E-state index is 0.403. The average Bonchev–Trinajstić information content (AvgIpc) is 2.57. The Hall–Kier alpha value is -1.85. The molecule has 0 saturated carbocycles. The summed E-state index contributed by atoms with van der Waals surface area (Å²) in [7, 11) is 1.64. The van der Waals surface area contributed by atoms with Crippen molar-refractivity contribution in [1.29, 1.82) is 0 Å². The summed E-state index contributed by atoms with van der Waals surface area (Å²) in [4.78, 5) is 8.88. The first-order chi connectivity index (χ1) is 10.8. The van der Waals surface area contributed by atoms with Crippen LogP contribution in [0, 0.1) is 0 Å². The minimum Gasteiger partial charge on any atom is -0.497 e. The van der Waals surface area contributed by atoms with Gasteiger partial charge in [0.15, 0.2) is 0 Å². The highest BCUT2D eigenvalue weighted by molar-refractivity contribution is 6.32. The van der Waals surface area contributed by atoms with Crippen molar-refractivity contribution in [3.63, 3.8) is 0 Å². The highest BCUT2D eigenvalue weighted by Gasteiger charge is 2.15. The molecule has 5 nitrogen and oxygen atoms in total. The van der Waals surface area contributed by atoms with Crippen LogP contribution in [-0.2, 0) is 0 Å². The molecule has 0 atom stereocenters. The van der Waals surface area contributed by atoms with Gasteiger partial charge in [0.2, 0.25) is 5.95 Å². The Kier molecular flexibility index (Phi) is 4.75. The minimum absolute atomic E-state index is 0.403. The van der Waals surface area contributed by atoms with Gasteiger partial charge in [-0.3, -0.25) is 0 Å². The molecule has 3 rings (SSSR count). The molecule has 0 unspecified atom stereocenters. The SMILES string of the molecule is COc1cccc(-c2nc(NC3CCNCC3)ncc2Cl)c1. The fraction of sp³-hybridized carbons (Fsp3) is 0.375. The fourth-order valence-corrected chi connectivity index (χ4v) is 2.76. The van der Waals surface area contributed by atoms with E-state index in [1.54, 1.807) is 13.3 Å². The molecule has 22 heavy (non-hydrogen) atoms. The van der Waals surface area contributed by atoms with E-state index in [1.165, 1.54) is 0 Å². The van der Waals surface area contributed by atoms with Gasteiger partial charge in [0.25, 0.3) is 0 Å². The van der Waals surface area contributed by atoms with Crippen molar-refractivity contribution in [3.05, 3.63) is 35.5 Å². The van der Waals surface area contributed by atoms with Gasteiger partial charge in [-0.25, -0.2) is 9.97 Å². The van der Waals surface area contributed by atoms with Gasteiger partial charge < -0.3 is 15.4 Å². The van der Waals surface area contributed by atoms with Crippen LogP contribution in [0.5, 0.6) is 5.75 Å². The normalized spacial score (nSPS) is 15.5. The summed E-state index contributed by atoms with van der Waals surface area (Å²) in [6.45, 7) is 2.04. The molecule has 1 aliphatic heterocycles. The van der Waals surface area contributed by atoms with Gasteiger partial charge >= 0.3 is 0 Å². The third kappa shape index (κ3) is 3.48. The lowest BCUT2D eigenvalue weighted by atomic mass is 10.1. The number of benzene rings is 1. The van der Waals surface area contributed by atoms with Crippen molar-refractivity contribution < 1.29 is 4.74 Å². The molecule has 1 aromatic heterocycles. The summed E-state index contributed by atoms with van der Waals surface area (Å²) in [5.74, 6) is 1.40. The summed E-state index contributed by atoms with van der Waals surface area (Å²) in [6.07, 6.45) is 3.79. The smallest absolute Gasteiger partial charge is 0.223 e. The molecule has 1 fully saturated rings. The van der Waals surface area contributed by atoms with E-state index in [4.69, 9.17) is 16.3 Å². The fourth-order valence-electron chi connectivity index (χ4n) is 2.56. The van der Waals surface area contributed by atoms with E-state index in [-0.39, 0.29) is 0 Å². The topological polar surface area (TPSA) is 59.1 Å². The van der Waals surface area contributed by atoms with Crippen molar-refractivity contribution in [2.75, 3.05) is 25.5 Å². The highest BCUT2D eigenvalue weighted by Crippen LogP contribution is 2.29. The van der Waals surface area contributed by atoms with Crippen LogP contribution in [0.1, 0.15) is 12.8 Å². The molecule has 1 aliphatic rings. The first-order valence-electron chi connectivity index (χ1n) is 7.40. The van der Waals surface area contributed by atoms with Gasteiger partial charge in [-0.1, -0.05) is 23.7 Å². The molecule has 0 bridgehead atoms. The van der Waals surface area contributed by atoms with Crippen LogP contribution in [-0.4, -0.2) is 36.2 Å². The summed E-state index contributed by atoms with van der Waals surface area (Å²) in [5.41, 5.74) is 1.63. The van der Waals surface area contributed by atoms with Crippen LogP contribution in [0.25, 0.3) is 11.3 Å². The second-order valence-corrected chi connectivity index (χ2v) is 5.70. The van der Waals surface area contributed by atoms with E-state index in [1.807, 2.05) is 24.3 Å². The Labute approximate surface area is 135 Å². The largest absolute Gasteiger partial charge is 0.497 e. The zero-order chi connectivity index (χ0) is 15.4. The average molecular weight is 319 g/mol.